The van der Waals surface area contributed by atoms with Crippen LogP contribution in [0.15, 0.2) is 42.6 Å². The highest BCUT2D eigenvalue weighted by Gasteiger charge is 2.21. The molecule has 0 spiro atoms. The number of methoxy groups -OCH3 is 1. The fourth-order valence-corrected chi connectivity index (χ4v) is 3.32. The van der Waals surface area contributed by atoms with E-state index >= 15 is 0 Å². The SMILES string of the molecule is CNc1[nH]ncc1C(CC=O)c1ccc(Oc2ccc(C)cc2C)c(OC)c1. The highest BCUT2D eigenvalue weighted by atomic mass is 16.5. The van der Waals surface area contributed by atoms with Gasteiger partial charge in [-0.3, -0.25) is 5.10 Å². The van der Waals surface area contributed by atoms with E-state index in [1.165, 1.54) is 5.56 Å². The van der Waals surface area contributed by atoms with Gasteiger partial charge in [-0.25, -0.2) is 0 Å². The summed E-state index contributed by atoms with van der Waals surface area (Å²) in [4.78, 5) is 11.3. The third-order valence-electron chi connectivity index (χ3n) is 4.77. The van der Waals surface area contributed by atoms with Crippen LogP contribution in [0.5, 0.6) is 17.2 Å². The number of ether oxygens (including phenoxy) is 2. The Kier molecular flexibility index (Phi) is 5.99. The summed E-state index contributed by atoms with van der Waals surface area (Å²) in [6.45, 7) is 4.07. The van der Waals surface area contributed by atoms with Gasteiger partial charge in [-0.05, 0) is 43.2 Å². The molecule has 1 heterocycles. The highest BCUT2D eigenvalue weighted by Crippen LogP contribution is 2.38. The number of nitrogens with one attached hydrogen (secondary N) is 2. The van der Waals surface area contributed by atoms with Crippen LogP contribution in [0.1, 0.15) is 34.6 Å². The molecule has 1 aromatic heterocycles. The van der Waals surface area contributed by atoms with E-state index in [1.807, 2.05) is 44.3 Å². The standard InChI is InChI=1S/C22H25N3O3/c1-14-5-7-19(15(2)11-14)28-20-8-6-16(12-21(20)27-4)17(9-10-26)18-13-24-25-22(18)23-3/h5-8,10-13,17H,9H2,1-4H3,(H2,23,24,25). The number of carbonyl (C=O) groups excluding carboxylic acids is 1. The van der Waals surface area contributed by atoms with E-state index in [0.717, 1.165) is 34.5 Å². The number of aromatic nitrogens is 2. The molecule has 6 heteroatoms. The lowest BCUT2D eigenvalue weighted by molar-refractivity contribution is -0.108. The Labute approximate surface area is 164 Å². The zero-order chi connectivity index (χ0) is 20.1. The first-order valence-electron chi connectivity index (χ1n) is 9.15. The molecule has 1 unspecified atom stereocenters. The lowest BCUT2D eigenvalue weighted by atomic mass is 9.90. The Morgan fingerprint density at radius 1 is 1.14 bits per heavy atom. The highest BCUT2D eigenvalue weighted by molar-refractivity contribution is 5.59. The lowest BCUT2D eigenvalue weighted by Gasteiger charge is -2.18. The third kappa shape index (κ3) is 4.01. The van der Waals surface area contributed by atoms with E-state index in [2.05, 4.69) is 28.5 Å². The molecule has 0 saturated carbocycles. The molecule has 2 N–H and O–H groups in total. The second kappa shape index (κ2) is 8.61. The van der Waals surface area contributed by atoms with Crippen LogP contribution in [0.25, 0.3) is 0 Å². The van der Waals surface area contributed by atoms with Crippen molar-refractivity contribution in [3.63, 3.8) is 0 Å². The summed E-state index contributed by atoms with van der Waals surface area (Å²) in [5.74, 6) is 2.68. The Morgan fingerprint density at radius 3 is 2.61 bits per heavy atom. The minimum atomic E-state index is -0.136. The molecule has 2 aromatic carbocycles. The molecule has 0 saturated heterocycles. The number of nitrogens with zero attached hydrogens (tertiary/aromatic N) is 1. The van der Waals surface area contributed by atoms with Gasteiger partial charge in [-0.1, -0.05) is 23.8 Å². The zero-order valence-corrected chi connectivity index (χ0v) is 16.6. The lowest BCUT2D eigenvalue weighted by Crippen LogP contribution is -2.05. The van der Waals surface area contributed by atoms with Gasteiger partial charge in [-0.2, -0.15) is 5.10 Å². The summed E-state index contributed by atoms with van der Waals surface area (Å²) < 4.78 is 11.7. The third-order valence-corrected chi connectivity index (χ3v) is 4.77. The van der Waals surface area contributed by atoms with E-state index in [1.54, 1.807) is 13.3 Å². The molecule has 0 aliphatic carbocycles. The van der Waals surface area contributed by atoms with E-state index in [4.69, 9.17) is 9.47 Å². The number of benzene rings is 2. The van der Waals surface area contributed by atoms with Crippen molar-refractivity contribution < 1.29 is 14.3 Å². The fraction of sp³-hybridized carbons (Fsp3) is 0.273. The van der Waals surface area contributed by atoms with Gasteiger partial charge >= 0.3 is 0 Å². The molecular weight excluding hydrogens is 354 g/mol. The van der Waals surface area contributed by atoms with Gasteiger partial charge in [0.15, 0.2) is 11.5 Å². The van der Waals surface area contributed by atoms with Gasteiger partial charge < -0.3 is 19.6 Å². The molecule has 3 rings (SSSR count). The minimum Gasteiger partial charge on any atom is -0.493 e. The number of aryl methyl sites for hydroxylation is 2. The van der Waals surface area contributed by atoms with Crippen molar-refractivity contribution in [2.75, 3.05) is 19.5 Å². The Balaban J connectivity index is 1.96. The van der Waals surface area contributed by atoms with Crippen LogP contribution in [0.2, 0.25) is 0 Å². The molecule has 6 nitrogen and oxygen atoms in total. The minimum absolute atomic E-state index is 0.136. The molecule has 0 aliphatic rings. The van der Waals surface area contributed by atoms with Gasteiger partial charge in [-0.15, -0.1) is 0 Å². The van der Waals surface area contributed by atoms with E-state index in [-0.39, 0.29) is 5.92 Å². The van der Waals surface area contributed by atoms with Crippen LogP contribution in [0, 0.1) is 13.8 Å². The molecule has 1 atom stereocenters. The largest absolute Gasteiger partial charge is 0.493 e. The number of H-pyrrole nitrogens is 1. The Bertz CT molecular complexity index is 965. The van der Waals surface area contributed by atoms with Gasteiger partial charge in [0.1, 0.15) is 17.9 Å². The first-order chi connectivity index (χ1) is 13.6. The predicted molar refractivity (Wildman–Crippen MR) is 110 cm³/mol. The fourth-order valence-electron chi connectivity index (χ4n) is 3.32. The van der Waals surface area contributed by atoms with Crippen LogP contribution in [0.4, 0.5) is 5.82 Å². The van der Waals surface area contributed by atoms with Crippen molar-refractivity contribution in [1.29, 1.82) is 0 Å². The van der Waals surface area contributed by atoms with Crippen molar-refractivity contribution in [2.24, 2.45) is 0 Å². The van der Waals surface area contributed by atoms with Crippen molar-refractivity contribution in [1.82, 2.24) is 10.2 Å². The van der Waals surface area contributed by atoms with Crippen molar-refractivity contribution in [3.05, 3.63) is 64.8 Å². The number of anilines is 1. The smallest absolute Gasteiger partial charge is 0.169 e. The van der Waals surface area contributed by atoms with Crippen LogP contribution in [0.3, 0.4) is 0 Å². The van der Waals surface area contributed by atoms with Gasteiger partial charge in [0.05, 0.1) is 13.3 Å². The maximum atomic E-state index is 11.3. The number of aldehydes is 1. The number of hydrogen-bond acceptors (Lipinski definition) is 5. The molecule has 0 amide bonds. The van der Waals surface area contributed by atoms with E-state index in [0.29, 0.717) is 17.9 Å². The molecule has 0 radical (unpaired) electrons. The van der Waals surface area contributed by atoms with Gasteiger partial charge in [0.25, 0.3) is 0 Å². The number of aromatic amines is 1. The first-order valence-corrected chi connectivity index (χ1v) is 9.15. The normalized spacial score (nSPS) is 11.7. The van der Waals surface area contributed by atoms with Crippen LogP contribution < -0.4 is 14.8 Å². The summed E-state index contributed by atoms with van der Waals surface area (Å²) >= 11 is 0. The van der Waals surface area contributed by atoms with Crippen molar-refractivity contribution >= 4 is 12.1 Å². The quantitative estimate of drug-likeness (QED) is 0.560. The maximum Gasteiger partial charge on any atom is 0.169 e. The Morgan fingerprint density at radius 2 is 1.93 bits per heavy atom. The summed E-state index contributed by atoms with van der Waals surface area (Å²) in [5, 5.41) is 10.1. The average molecular weight is 379 g/mol. The van der Waals surface area contributed by atoms with E-state index in [9.17, 15) is 4.79 Å². The Hall–Kier alpha value is -3.28. The topological polar surface area (TPSA) is 76.2 Å². The number of rotatable bonds is 8. The summed E-state index contributed by atoms with van der Waals surface area (Å²) in [5.41, 5.74) is 4.13. The zero-order valence-electron chi connectivity index (χ0n) is 16.6. The number of carbonyl (C=O) groups is 1. The first kappa shape index (κ1) is 19.5. The molecule has 28 heavy (non-hydrogen) atoms. The van der Waals surface area contributed by atoms with E-state index < -0.39 is 0 Å². The summed E-state index contributed by atoms with van der Waals surface area (Å²) in [6, 6.07) is 11.8. The molecule has 3 aromatic rings. The van der Waals surface area contributed by atoms with Crippen LogP contribution in [-0.2, 0) is 4.79 Å². The van der Waals surface area contributed by atoms with Crippen LogP contribution in [-0.4, -0.2) is 30.6 Å². The van der Waals surface area contributed by atoms with Gasteiger partial charge in [0, 0.05) is 24.9 Å². The molecule has 146 valence electrons. The molecule has 0 fully saturated rings. The second-order valence-corrected chi connectivity index (χ2v) is 6.69. The predicted octanol–water partition coefficient (Wildman–Crippen LogP) is 4.59. The monoisotopic (exact) mass is 379 g/mol. The van der Waals surface area contributed by atoms with Crippen molar-refractivity contribution in [3.8, 4) is 17.2 Å². The van der Waals surface area contributed by atoms with Crippen LogP contribution >= 0.6 is 0 Å². The molecule has 0 aliphatic heterocycles. The second-order valence-electron chi connectivity index (χ2n) is 6.69. The molecular formula is C22H25N3O3. The number of hydrogen-bond donors (Lipinski definition) is 2. The summed E-state index contributed by atoms with van der Waals surface area (Å²) in [6.07, 6.45) is 3.00. The molecule has 0 bridgehead atoms. The van der Waals surface area contributed by atoms with Crippen molar-refractivity contribution in [2.45, 2.75) is 26.2 Å². The maximum absolute atomic E-state index is 11.3. The summed E-state index contributed by atoms with van der Waals surface area (Å²) in [7, 11) is 3.43. The van der Waals surface area contributed by atoms with Gasteiger partial charge in [0.2, 0.25) is 0 Å². The average Bonchev–Trinajstić information content (AvgIpc) is 3.17.